The van der Waals surface area contributed by atoms with Crippen molar-refractivity contribution < 1.29 is 30.7 Å². The lowest BCUT2D eigenvalue weighted by molar-refractivity contribution is -0.249. The molecule has 0 radical (unpaired) electrons. The summed E-state index contributed by atoms with van der Waals surface area (Å²) in [6, 6.07) is 15.3. The Morgan fingerprint density at radius 2 is 1.59 bits per heavy atom. The molecule has 10 heteroatoms. The van der Waals surface area contributed by atoms with E-state index < -0.39 is 47.6 Å². The Balaban J connectivity index is 1.77. The van der Waals surface area contributed by atoms with E-state index in [0.717, 1.165) is 27.6 Å². The van der Waals surface area contributed by atoms with E-state index >= 15 is 0 Å². The third-order valence-electron chi connectivity index (χ3n) is 5.48. The second-order valence-electron chi connectivity index (χ2n) is 7.63. The zero-order valence-electron chi connectivity index (χ0n) is 17.6. The van der Waals surface area contributed by atoms with Crippen molar-refractivity contribution in [1.29, 1.82) is 0 Å². The van der Waals surface area contributed by atoms with Gasteiger partial charge in [-0.15, -0.1) is 11.8 Å². The minimum Gasteiger partial charge on any atom is -0.255 e. The Kier molecular flexibility index (Phi) is 6.37. The highest BCUT2D eigenvalue weighted by atomic mass is 32.2. The Hall–Kier alpha value is -3.01. The number of anilines is 1. The number of hydrazone groups is 1. The zero-order valence-corrected chi connectivity index (χ0v) is 18.4. The van der Waals surface area contributed by atoms with Gasteiger partial charge in [-0.2, -0.15) is 27.1 Å². The summed E-state index contributed by atoms with van der Waals surface area (Å²) in [5.41, 5.74) is 0.00378. The van der Waals surface area contributed by atoms with Crippen LogP contribution in [0.3, 0.4) is 0 Å². The first-order valence-corrected chi connectivity index (χ1v) is 11.2. The van der Waals surface area contributed by atoms with E-state index in [1.165, 1.54) is 0 Å². The van der Waals surface area contributed by atoms with Gasteiger partial charge in [-0.25, -0.2) is 8.78 Å². The molecular formula is C24H17F7N2S. The molecule has 0 bridgehead atoms. The van der Waals surface area contributed by atoms with Gasteiger partial charge in [0, 0.05) is 17.4 Å². The van der Waals surface area contributed by atoms with Gasteiger partial charge < -0.3 is 0 Å². The molecule has 0 aliphatic carbocycles. The summed E-state index contributed by atoms with van der Waals surface area (Å²) >= 11 is 1.55. The van der Waals surface area contributed by atoms with Gasteiger partial charge in [-0.05, 0) is 53.3 Å². The second-order valence-corrected chi connectivity index (χ2v) is 8.51. The van der Waals surface area contributed by atoms with Crippen molar-refractivity contribution in [2.24, 2.45) is 5.10 Å². The van der Waals surface area contributed by atoms with E-state index in [1.807, 2.05) is 30.5 Å². The third kappa shape index (κ3) is 4.51. The molecule has 2 nitrogen and oxygen atoms in total. The maximum Gasteiger partial charge on any atom is 0.459 e. The summed E-state index contributed by atoms with van der Waals surface area (Å²) in [6.07, 6.45) is -4.74. The molecule has 1 aliphatic rings. The Labute approximate surface area is 195 Å². The van der Waals surface area contributed by atoms with E-state index in [9.17, 15) is 30.7 Å². The van der Waals surface area contributed by atoms with E-state index in [0.29, 0.717) is 17.2 Å². The van der Waals surface area contributed by atoms with Crippen molar-refractivity contribution in [2.45, 2.75) is 29.5 Å². The highest BCUT2D eigenvalue weighted by Crippen LogP contribution is 2.45. The lowest BCUT2D eigenvalue weighted by Crippen LogP contribution is -2.43. The van der Waals surface area contributed by atoms with Gasteiger partial charge in [0.1, 0.15) is 11.5 Å². The monoisotopic (exact) mass is 498 g/mol. The first kappa shape index (κ1) is 24.1. The quantitative estimate of drug-likeness (QED) is 0.263. The molecule has 3 aromatic carbocycles. The topological polar surface area (TPSA) is 15.6 Å². The van der Waals surface area contributed by atoms with Crippen molar-refractivity contribution in [3.05, 3.63) is 83.9 Å². The number of hydrogen-bond acceptors (Lipinski definition) is 3. The SMILES string of the molecule is CSc1ccc(-c2cccc(C3CC(C(F)(F)C(F)(F)F)=NN3c3ccc(F)cc3F)c2)cc1. The van der Waals surface area contributed by atoms with Crippen LogP contribution in [0.25, 0.3) is 11.1 Å². The van der Waals surface area contributed by atoms with Gasteiger partial charge in [-0.3, -0.25) is 5.01 Å². The van der Waals surface area contributed by atoms with Crippen molar-refractivity contribution in [3.8, 4) is 11.1 Å². The summed E-state index contributed by atoms with van der Waals surface area (Å²) in [4.78, 5) is 1.03. The molecule has 0 saturated carbocycles. The van der Waals surface area contributed by atoms with Gasteiger partial charge in [0.05, 0.1) is 11.7 Å². The molecule has 4 rings (SSSR count). The van der Waals surface area contributed by atoms with Gasteiger partial charge in [0.2, 0.25) is 0 Å². The first-order valence-electron chi connectivity index (χ1n) is 10.0. The van der Waals surface area contributed by atoms with Crippen molar-refractivity contribution in [2.75, 3.05) is 11.3 Å². The standard InChI is InChI=1S/C24H17F7N2S/c1-34-18-8-5-14(6-9-18)15-3-2-4-16(11-15)21-13-22(23(27,28)24(29,30)31)32-33(21)20-10-7-17(25)12-19(20)26/h2-12,21H,13H2,1H3. The predicted octanol–water partition coefficient (Wildman–Crippen LogP) is 7.86. The largest absolute Gasteiger partial charge is 0.459 e. The predicted molar refractivity (Wildman–Crippen MR) is 118 cm³/mol. The number of thioether (sulfide) groups is 1. The molecular weight excluding hydrogens is 481 g/mol. The van der Waals surface area contributed by atoms with Crippen LogP contribution in [0.2, 0.25) is 0 Å². The Morgan fingerprint density at radius 3 is 2.21 bits per heavy atom. The molecule has 0 amide bonds. The van der Waals surface area contributed by atoms with E-state index in [1.54, 1.807) is 36.0 Å². The third-order valence-corrected chi connectivity index (χ3v) is 6.22. The second kappa shape index (κ2) is 8.98. The van der Waals surface area contributed by atoms with E-state index in [-0.39, 0.29) is 0 Å². The minimum atomic E-state index is -5.87. The average molecular weight is 498 g/mol. The van der Waals surface area contributed by atoms with Crippen LogP contribution in [0.15, 0.2) is 76.7 Å². The van der Waals surface area contributed by atoms with E-state index in [2.05, 4.69) is 5.10 Å². The lowest BCUT2D eigenvalue weighted by atomic mass is 9.95. The summed E-state index contributed by atoms with van der Waals surface area (Å²) in [7, 11) is 0. The molecule has 178 valence electrons. The van der Waals surface area contributed by atoms with E-state index in [4.69, 9.17) is 0 Å². The average Bonchev–Trinajstić information content (AvgIpc) is 3.24. The lowest BCUT2D eigenvalue weighted by Gasteiger charge is -2.25. The van der Waals surface area contributed by atoms with Crippen LogP contribution in [-0.4, -0.2) is 24.1 Å². The normalized spacial score (nSPS) is 16.6. The Morgan fingerprint density at radius 1 is 0.882 bits per heavy atom. The molecule has 3 aromatic rings. The van der Waals surface area contributed by atoms with Gasteiger partial charge in [0.15, 0.2) is 5.82 Å². The molecule has 1 heterocycles. The zero-order chi connectivity index (χ0) is 24.7. The van der Waals surface area contributed by atoms with Gasteiger partial charge in [-0.1, -0.05) is 30.3 Å². The minimum absolute atomic E-state index is 0.354. The summed E-state index contributed by atoms with van der Waals surface area (Å²) in [5.74, 6) is -7.26. The van der Waals surface area contributed by atoms with Crippen LogP contribution in [-0.2, 0) is 0 Å². The van der Waals surface area contributed by atoms with Crippen molar-refractivity contribution >= 4 is 23.2 Å². The van der Waals surface area contributed by atoms with Crippen LogP contribution in [0.5, 0.6) is 0 Å². The maximum atomic E-state index is 14.5. The molecule has 1 atom stereocenters. The first-order chi connectivity index (χ1) is 16.0. The van der Waals surface area contributed by atoms with Gasteiger partial charge in [0.25, 0.3) is 0 Å². The maximum absolute atomic E-state index is 14.5. The van der Waals surface area contributed by atoms with Crippen molar-refractivity contribution in [3.63, 3.8) is 0 Å². The molecule has 1 unspecified atom stereocenters. The number of nitrogens with zero attached hydrogens (tertiary/aromatic N) is 2. The smallest absolute Gasteiger partial charge is 0.255 e. The molecule has 0 spiro atoms. The Bertz CT molecular complexity index is 1220. The van der Waals surface area contributed by atoms with Crippen LogP contribution < -0.4 is 5.01 Å². The van der Waals surface area contributed by atoms with Crippen molar-refractivity contribution in [1.82, 2.24) is 0 Å². The molecule has 1 aliphatic heterocycles. The highest BCUT2D eigenvalue weighted by molar-refractivity contribution is 7.98. The number of rotatable bonds is 5. The number of benzene rings is 3. The molecule has 0 aromatic heterocycles. The van der Waals surface area contributed by atoms with Crippen LogP contribution in [0.4, 0.5) is 36.4 Å². The van der Waals surface area contributed by atoms with Gasteiger partial charge >= 0.3 is 12.1 Å². The number of alkyl halides is 5. The van der Waals surface area contributed by atoms with Crippen LogP contribution in [0.1, 0.15) is 18.0 Å². The highest BCUT2D eigenvalue weighted by Gasteiger charge is 2.63. The molecule has 0 saturated heterocycles. The molecule has 34 heavy (non-hydrogen) atoms. The molecule has 0 fully saturated rings. The summed E-state index contributed by atoms with van der Waals surface area (Å²) in [6.45, 7) is 0. The summed E-state index contributed by atoms with van der Waals surface area (Å²) < 4.78 is 95.4. The molecule has 0 N–H and O–H groups in total. The fourth-order valence-corrected chi connectivity index (χ4v) is 4.13. The number of hydrogen-bond donors (Lipinski definition) is 0. The van der Waals surface area contributed by atoms with Crippen LogP contribution in [0, 0.1) is 11.6 Å². The van der Waals surface area contributed by atoms with Crippen LogP contribution >= 0.6 is 11.8 Å². The number of halogens is 7. The fraction of sp³-hybridized carbons (Fsp3) is 0.208. The fourth-order valence-electron chi connectivity index (χ4n) is 3.72. The summed E-state index contributed by atoms with van der Waals surface area (Å²) in [5, 5.41) is 4.25.